The molecule has 1 saturated heterocycles. The van der Waals surface area contributed by atoms with Gasteiger partial charge in [0.25, 0.3) is 10.2 Å². The molecule has 0 saturated carbocycles. The number of hydrogen-bond donors (Lipinski definition) is 2. The Balaban J connectivity index is 2.63. The number of nitrogens with one attached hydrogen (secondary N) is 1. The van der Waals surface area contributed by atoms with Crippen LogP contribution in [-0.2, 0) is 19.7 Å². The van der Waals surface area contributed by atoms with Crippen LogP contribution in [0.15, 0.2) is 0 Å². The van der Waals surface area contributed by atoms with E-state index in [2.05, 4.69) is 4.72 Å². The van der Waals surface area contributed by atoms with Crippen molar-refractivity contribution in [2.75, 3.05) is 26.8 Å². The number of hydrogen-bond acceptors (Lipinski definition) is 4. The standard InChI is InChI=1S/C8H16N2O5S/c1-15-6-4-9-16(13,14)10-5-2-3-7(10)8(11)12/h7,9H,2-6H2,1H3,(H,11,12)/t7-/m1/s1. The minimum Gasteiger partial charge on any atom is -0.480 e. The molecule has 8 heteroatoms. The summed E-state index contributed by atoms with van der Waals surface area (Å²) in [6, 6.07) is -0.944. The first-order valence-corrected chi connectivity index (χ1v) is 6.41. The van der Waals surface area contributed by atoms with E-state index in [-0.39, 0.29) is 19.7 Å². The van der Waals surface area contributed by atoms with Crippen molar-refractivity contribution in [3.8, 4) is 0 Å². The van der Waals surface area contributed by atoms with Gasteiger partial charge >= 0.3 is 5.97 Å². The second-order valence-corrected chi connectivity index (χ2v) is 5.21. The number of carboxylic acids is 1. The van der Waals surface area contributed by atoms with E-state index in [0.717, 1.165) is 4.31 Å². The van der Waals surface area contributed by atoms with E-state index in [4.69, 9.17) is 9.84 Å². The van der Waals surface area contributed by atoms with E-state index in [1.54, 1.807) is 0 Å². The molecule has 94 valence electrons. The van der Waals surface area contributed by atoms with Crippen molar-refractivity contribution >= 4 is 16.2 Å². The Kier molecular flexibility index (Phi) is 4.66. The zero-order valence-electron chi connectivity index (χ0n) is 9.05. The smallest absolute Gasteiger partial charge is 0.322 e. The number of ether oxygens (including phenoxy) is 1. The summed E-state index contributed by atoms with van der Waals surface area (Å²) in [6.07, 6.45) is 0.933. The van der Waals surface area contributed by atoms with Crippen molar-refractivity contribution in [1.29, 1.82) is 0 Å². The minimum atomic E-state index is -3.70. The Morgan fingerprint density at radius 1 is 1.62 bits per heavy atom. The molecule has 0 aromatic heterocycles. The highest BCUT2D eigenvalue weighted by Crippen LogP contribution is 2.20. The summed E-state index contributed by atoms with van der Waals surface area (Å²) < 4.78 is 31.4. The largest absolute Gasteiger partial charge is 0.480 e. The van der Waals surface area contributed by atoms with Gasteiger partial charge in [0, 0.05) is 20.2 Å². The molecule has 16 heavy (non-hydrogen) atoms. The fourth-order valence-electron chi connectivity index (χ4n) is 1.63. The van der Waals surface area contributed by atoms with Crippen LogP contribution in [0.2, 0.25) is 0 Å². The van der Waals surface area contributed by atoms with Gasteiger partial charge in [0.15, 0.2) is 0 Å². The molecule has 1 heterocycles. The molecule has 0 unspecified atom stereocenters. The molecule has 1 aliphatic rings. The Hall–Kier alpha value is -0.700. The molecule has 0 bridgehead atoms. The van der Waals surface area contributed by atoms with Crippen molar-refractivity contribution in [2.24, 2.45) is 0 Å². The van der Waals surface area contributed by atoms with Crippen LogP contribution in [0.1, 0.15) is 12.8 Å². The van der Waals surface area contributed by atoms with E-state index in [1.165, 1.54) is 7.11 Å². The van der Waals surface area contributed by atoms with Gasteiger partial charge in [-0.2, -0.15) is 17.4 Å². The SMILES string of the molecule is COCCNS(=O)(=O)N1CCC[C@@H]1C(=O)O. The fraction of sp³-hybridized carbons (Fsp3) is 0.875. The molecule has 0 spiro atoms. The summed E-state index contributed by atoms with van der Waals surface area (Å²) in [5.74, 6) is -1.10. The van der Waals surface area contributed by atoms with Crippen molar-refractivity contribution < 1.29 is 23.1 Å². The van der Waals surface area contributed by atoms with Gasteiger partial charge in [0.2, 0.25) is 0 Å². The van der Waals surface area contributed by atoms with Crippen molar-refractivity contribution in [3.05, 3.63) is 0 Å². The van der Waals surface area contributed by atoms with Gasteiger partial charge in [0.1, 0.15) is 6.04 Å². The molecule has 0 aliphatic carbocycles. The van der Waals surface area contributed by atoms with Gasteiger partial charge in [0.05, 0.1) is 6.61 Å². The highest BCUT2D eigenvalue weighted by atomic mass is 32.2. The molecule has 1 atom stereocenters. The maximum atomic E-state index is 11.7. The maximum absolute atomic E-state index is 11.7. The molecular formula is C8H16N2O5S. The zero-order chi connectivity index (χ0) is 12.2. The lowest BCUT2D eigenvalue weighted by Gasteiger charge is -2.20. The quantitative estimate of drug-likeness (QED) is 0.592. The van der Waals surface area contributed by atoms with Crippen LogP contribution < -0.4 is 4.72 Å². The molecule has 7 nitrogen and oxygen atoms in total. The molecule has 0 amide bonds. The van der Waals surface area contributed by atoms with Crippen LogP contribution in [0.25, 0.3) is 0 Å². The summed E-state index contributed by atoms with van der Waals surface area (Å²) in [4.78, 5) is 10.8. The average molecular weight is 252 g/mol. The third-order valence-corrected chi connectivity index (χ3v) is 4.01. The molecule has 1 rings (SSSR count). The van der Waals surface area contributed by atoms with Gasteiger partial charge in [-0.1, -0.05) is 0 Å². The van der Waals surface area contributed by atoms with Crippen LogP contribution in [0.4, 0.5) is 0 Å². The monoisotopic (exact) mass is 252 g/mol. The van der Waals surface area contributed by atoms with Crippen LogP contribution in [-0.4, -0.2) is 56.6 Å². The third-order valence-electron chi connectivity index (χ3n) is 2.39. The summed E-state index contributed by atoms with van der Waals surface area (Å²) in [6.45, 7) is 0.645. The van der Waals surface area contributed by atoms with Gasteiger partial charge in [-0.05, 0) is 12.8 Å². The number of aliphatic carboxylic acids is 1. The topological polar surface area (TPSA) is 95.9 Å². The molecule has 1 aliphatic heterocycles. The highest BCUT2D eigenvalue weighted by Gasteiger charge is 2.38. The first-order chi connectivity index (χ1) is 7.49. The molecule has 1 fully saturated rings. The van der Waals surface area contributed by atoms with Gasteiger partial charge in [-0.25, -0.2) is 0 Å². The summed E-state index contributed by atoms with van der Waals surface area (Å²) in [5, 5.41) is 8.86. The molecule has 0 aromatic carbocycles. The number of carbonyl (C=O) groups is 1. The third kappa shape index (κ3) is 3.14. The lowest BCUT2D eigenvalue weighted by molar-refractivity contribution is -0.140. The van der Waals surface area contributed by atoms with E-state index in [1.807, 2.05) is 0 Å². The predicted molar refractivity (Wildman–Crippen MR) is 56.2 cm³/mol. The Labute approximate surface area is 94.6 Å². The Morgan fingerprint density at radius 2 is 2.31 bits per heavy atom. The fourth-order valence-corrected chi connectivity index (χ4v) is 3.04. The number of carboxylic acid groups (broad SMARTS) is 1. The number of methoxy groups -OCH3 is 1. The Bertz CT molecular complexity index is 342. The van der Waals surface area contributed by atoms with Gasteiger partial charge < -0.3 is 9.84 Å². The Morgan fingerprint density at radius 3 is 2.88 bits per heavy atom. The predicted octanol–water partition coefficient (Wildman–Crippen LogP) is -0.984. The lowest BCUT2D eigenvalue weighted by Crippen LogP contribution is -2.47. The van der Waals surface area contributed by atoms with Gasteiger partial charge in [-0.3, -0.25) is 4.79 Å². The second-order valence-electron chi connectivity index (χ2n) is 3.50. The second kappa shape index (κ2) is 5.58. The molecule has 0 aromatic rings. The first-order valence-electron chi connectivity index (χ1n) is 4.97. The summed E-state index contributed by atoms with van der Waals surface area (Å²) in [7, 11) is -2.24. The summed E-state index contributed by atoms with van der Waals surface area (Å²) in [5.41, 5.74) is 0. The van der Waals surface area contributed by atoms with Crippen molar-refractivity contribution in [3.63, 3.8) is 0 Å². The number of rotatable bonds is 6. The van der Waals surface area contributed by atoms with Gasteiger partial charge in [-0.15, -0.1) is 0 Å². The van der Waals surface area contributed by atoms with E-state index >= 15 is 0 Å². The van der Waals surface area contributed by atoms with Crippen molar-refractivity contribution in [1.82, 2.24) is 9.03 Å². The summed E-state index contributed by atoms with van der Waals surface area (Å²) >= 11 is 0. The van der Waals surface area contributed by atoms with Crippen LogP contribution in [0.5, 0.6) is 0 Å². The normalized spacial score (nSPS) is 22.4. The molecular weight excluding hydrogens is 236 g/mol. The van der Waals surface area contributed by atoms with E-state index in [0.29, 0.717) is 12.8 Å². The highest BCUT2D eigenvalue weighted by molar-refractivity contribution is 7.87. The number of nitrogens with zero attached hydrogens (tertiary/aromatic N) is 1. The lowest BCUT2D eigenvalue weighted by atomic mass is 10.2. The zero-order valence-corrected chi connectivity index (χ0v) is 9.87. The average Bonchev–Trinajstić information content (AvgIpc) is 2.66. The molecule has 0 radical (unpaired) electrons. The van der Waals surface area contributed by atoms with Crippen molar-refractivity contribution in [2.45, 2.75) is 18.9 Å². The van der Waals surface area contributed by atoms with Crippen LogP contribution >= 0.6 is 0 Å². The first kappa shape index (κ1) is 13.4. The van der Waals surface area contributed by atoms with E-state index in [9.17, 15) is 13.2 Å². The van der Waals surface area contributed by atoms with Crippen LogP contribution in [0, 0.1) is 0 Å². The molecule has 2 N–H and O–H groups in total. The minimum absolute atomic E-state index is 0.141. The van der Waals surface area contributed by atoms with E-state index < -0.39 is 22.2 Å². The maximum Gasteiger partial charge on any atom is 0.322 e. The van der Waals surface area contributed by atoms with Crippen LogP contribution in [0.3, 0.4) is 0 Å².